The molecular formula is C17H12F2N2O2. The lowest BCUT2D eigenvalue weighted by molar-refractivity contribution is 0.0995. The number of benzene rings is 2. The van der Waals surface area contributed by atoms with E-state index in [1.165, 1.54) is 24.3 Å². The molecule has 0 fully saturated rings. The fourth-order valence-corrected chi connectivity index (χ4v) is 2.52. The van der Waals surface area contributed by atoms with Crippen molar-refractivity contribution in [2.24, 2.45) is 5.73 Å². The maximum Gasteiger partial charge on any atom is 0.265 e. The summed E-state index contributed by atoms with van der Waals surface area (Å²) >= 11 is 0. The SMILES string of the molecule is NC(=O)c1[nH]c2cc(F)ccc2c(=O)c1Cc1ccccc1F. The van der Waals surface area contributed by atoms with Crippen LogP contribution in [-0.2, 0) is 6.42 Å². The summed E-state index contributed by atoms with van der Waals surface area (Å²) in [6, 6.07) is 9.52. The predicted octanol–water partition coefficient (Wildman–Crippen LogP) is 2.50. The highest BCUT2D eigenvalue weighted by Crippen LogP contribution is 2.17. The van der Waals surface area contributed by atoms with Gasteiger partial charge < -0.3 is 10.7 Å². The number of carbonyl (C=O) groups is 1. The molecule has 0 saturated carbocycles. The largest absolute Gasteiger partial charge is 0.364 e. The summed E-state index contributed by atoms with van der Waals surface area (Å²) in [6.07, 6.45) is -0.0897. The van der Waals surface area contributed by atoms with Gasteiger partial charge in [0.1, 0.15) is 17.3 Å². The number of aromatic amines is 1. The molecule has 2 aromatic carbocycles. The lowest BCUT2D eigenvalue weighted by atomic mass is 10.00. The lowest BCUT2D eigenvalue weighted by Crippen LogP contribution is -2.23. The van der Waals surface area contributed by atoms with Crippen molar-refractivity contribution in [1.29, 1.82) is 0 Å². The predicted molar refractivity (Wildman–Crippen MR) is 82.3 cm³/mol. The van der Waals surface area contributed by atoms with Crippen LogP contribution in [0.3, 0.4) is 0 Å². The Balaban J connectivity index is 2.26. The molecule has 3 rings (SSSR count). The molecule has 4 nitrogen and oxygen atoms in total. The van der Waals surface area contributed by atoms with E-state index >= 15 is 0 Å². The van der Waals surface area contributed by atoms with E-state index in [1.807, 2.05) is 0 Å². The first-order chi connectivity index (χ1) is 11.0. The number of nitrogens with one attached hydrogen (secondary N) is 1. The third kappa shape index (κ3) is 2.70. The number of H-pyrrole nitrogens is 1. The first-order valence-corrected chi connectivity index (χ1v) is 6.85. The molecule has 0 spiro atoms. The molecule has 0 radical (unpaired) electrons. The number of carbonyl (C=O) groups excluding carboxylic acids is 1. The number of nitrogens with two attached hydrogens (primary N) is 1. The van der Waals surface area contributed by atoms with E-state index in [4.69, 9.17) is 5.73 Å². The molecule has 0 bridgehead atoms. The maximum atomic E-state index is 13.8. The van der Waals surface area contributed by atoms with E-state index in [-0.39, 0.29) is 34.1 Å². The van der Waals surface area contributed by atoms with Gasteiger partial charge >= 0.3 is 0 Å². The number of fused-ring (bicyclic) bond motifs is 1. The van der Waals surface area contributed by atoms with Gasteiger partial charge in [0, 0.05) is 17.4 Å². The summed E-state index contributed by atoms with van der Waals surface area (Å²) < 4.78 is 27.1. The van der Waals surface area contributed by atoms with Gasteiger partial charge in [0.05, 0.1) is 5.52 Å². The number of pyridine rings is 1. The van der Waals surface area contributed by atoms with Crippen LogP contribution in [0.25, 0.3) is 10.9 Å². The molecule has 23 heavy (non-hydrogen) atoms. The molecule has 0 unspecified atom stereocenters. The quantitative estimate of drug-likeness (QED) is 0.779. The summed E-state index contributed by atoms with van der Waals surface area (Å²) in [5.74, 6) is -1.90. The number of halogens is 2. The van der Waals surface area contributed by atoms with Gasteiger partial charge in [-0.15, -0.1) is 0 Å². The summed E-state index contributed by atoms with van der Waals surface area (Å²) in [4.78, 5) is 26.9. The Hall–Kier alpha value is -3.02. The zero-order chi connectivity index (χ0) is 16.6. The molecule has 1 aromatic heterocycles. The average Bonchev–Trinajstić information content (AvgIpc) is 2.51. The van der Waals surface area contributed by atoms with Gasteiger partial charge in [-0.25, -0.2) is 8.78 Å². The third-order valence-electron chi connectivity index (χ3n) is 3.63. The maximum absolute atomic E-state index is 13.8. The van der Waals surface area contributed by atoms with Crippen molar-refractivity contribution >= 4 is 16.8 Å². The molecular weight excluding hydrogens is 302 g/mol. The van der Waals surface area contributed by atoms with Crippen LogP contribution in [0.4, 0.5) is 8.78 Å². The van der Waals surface area contributed by atoms with Gasteiger partial charge in [0.15, 0.2) is 5.43 Å². The number of aromatic nitrogens is 1. The minimum atomic E-state index is -0.861. The van der Waals surface area contributed by atoms with Crippen molar-refractivity contribution < 1.29 is 13.6 Å². The number of primary amides is 1. The first-order valence-electron chi connectivity index (χ1n) is 6.85. The number of rotatable bonds is 3. The van der Waals surface area contributed by atoms with Crippen LogP contribution in [-0.4, -0.2) is 10.9 Å². The van der Waals surface area contributed by atoms with Gasteiger partial charge in [-0.2, -0.15) is 0 Å². The molecule has 0 aliphatic rings. The van der Waals surface area contributed by atoms with Crippen LogP contribution < -0.4 is 11.2 Å². The molecule has 0 atom stereocenters. The normalized spacial score (nSPS) is 10.9. The van der Waals surface area contributed by atoms with Crippen molar-refractivity contribution in [3.8, 4) is 0 Å². The van der Waals surface area contributed by atoms with E-state index in [9.17, 15) is 18.4 Å². The lowest BCUT2D eigenvalue weighted by Gasteiger charge is -2.10. The Kier molecular flexibility index (Phi) is 3.65. The standard InChI is InChI=1S/C17H12F2N2O2/c18-10-5-6-11-14(8-10)21-15(17(20)23)12(16(11)22)7-9-3-1-2-4-13(9)19/h1-6,8H,7H2,(H2,20,23)(H,21,22). The summed E-state index contributed by atoms with van der Waals surface area (Å²) in [5.41, 5.74) is 5.18. The van der Waals surface area contributed by atoms with E-state index < -0.39 is 23.0 Å². The topological polar surface area (TPSA) is 76.0 Å². The van der Waals surface area contributed by atoms with Crippen molar-refractivity contribution in [2.45, 2.75) is 6.42 Å². The average molecular weight is 314 g/mol. The van der Waals surface area contributed by atoms with Gasteiger partial charge in [-0.1, -0.05) is 18.2 Å². The minimum absolute atomic E-state index is 0.0571. The second kappa shape index (κ2) is 5.64. The molecule has 3 aromatic rings. The molecule has 1 amide bonds. The van der Waals surface area contributed by atoms with Crippen LogP contribution in [0.15, 0.2) is 47.3 Å². The van der Waals surface area contributed by atoms with Crippen LogP contribution in [0.1, 0.15) is 21.6 Å². The fraction of sp³-hybridized carbons (Fsp3) is 0.0588. The minimum Gasteiger partial charge on any atom is -0.364 e. The third-order valence-corrected chi connectivity index (χ3v) is 3.63. The second-order valence-electron chi connectivity index (χ2n) is 5.13. The Morgan fingerprint density at radius 3 is 2.57 bits per heavy atom. The number of hydrogen-bond donors (Lipinski definition) is 2. The Morgan fingerprint density at radius 1 is 1.13 bits per heavy atom. The second-order valence-corrected chi connectivity index (χ2v) is 5.13. The molecule has 0 aliphatic carbocycles. The van der Waals surface area contributed by atoms with E-state index in [0.717, 1.165) is 12.1 Å². The molecule has 116 valence electrons. The highest BCUT2D eigenvalue weighted by atomic mass is 19.1. The molecule has 0 saturated heterocycles. The van der Waals surface area contributed by atoms with E-state index in [0.29, 0.717) is 0 Å². The highest BCUT2D eigenvalue weighted by Gasteiger charge is 2.17. The van der Waals surface area contributed by atoms with Gasteiger partial charge in [0.25, 0.3) is 5.91 Å². The smallest absolute Gasteiger partial charge is 0.265 e. The fourth-order valence-electron chi connectivity index (χ4n) is 2.52. The van der Waals surface area contributed by atoms with Crippen LogP contribution in [0.2, 0.25) is 0 Å². The first kappa shape index (κ1) is 14.9. The summed E-state index contributed by atoms with van der Waals surface area (Å²) in [5, 5.41) is 0.211. The number of hydrogen-bond acceptors (Lipinski definition) is 2. The van der Waals surface area contributed by atoms with Crippen molar-refractivity contribution in [3.05, 3.63) is 81.1 Å². The van der Waals surface area contributed by atoms with Crippen LogP contribution >= 0.6 is 0 Å². The van der Waals surface area contributed by atoms with Gasteiger partial charge in [-0.05, 0) is 29.8 Å². The molecule has 1 heterocycles. The van der Waals surface area contributed by atoms with Crippen LogP contribution in [0.5, 0.6) is 0 Å². The molecule has 3 N–H and O–H groups in total. The van der Waals surface area contributed by atoms with Crippen LogP contribution in [0, 0.1) is 11.6 Å². The monoisotopic (exact) mass is 314 g/mol. The molecule has 0 aliphatic heterocycles. The summed E-state index contributed by atoms with van der Waals surface area (Å²) in [7, 11) is 0. The Bertz CT molecular complexity index is 980. The van der Waals surface area contributed by atoms with Crippen molar-refractivity contribution in [2.75, 3.05) is 0 Å². The van der Waals surface area contributed by atoms with Crippen molar-refractivity contribution in [3.63, 3.8) is 0 Å². The van der Waals surface area contributed by atoms with Gasteiger partial charge in [0.2, 0.25) is 0 Å². The number of amides is 1. The van der Waals surface area contributed by atoms with E-state index in [1.54, 1.807) is 6.07 Å². The van der Waals surface area contributed by atoms with E-state index in [2.05, 4.69) is 4.98 Å². The molecule has 6 heteroatoms. The Morgan fingerprint density at radius 2 is 1.87 bits per heavy atom. The zero-order valence-corrected chi connectivity index (χ0v) is 11.9. The summed E-state index contributed by atoms with van der Waals surface area (Å²) in [6.45, 7) is 0. The van der Waals surface area contributed by atoms with Gasteiger partial charge in [-0.3, -0.25) is 9.59 Å². The zero-order valence-electron chi connectivity index (χ0n) is 11.9. The Labute approximate surface area is 129 Å². The van der Waals surface area contributed by atoms with Crippen molar-refractivity contribution in [1.82, 2.24) is 4.98 Å². The highest BCUT2D eigenvalue weighted by molar-refractivity contribution is 5.95.